The Bertz CT molecular complexity index is 1890. The molecule has 0 aliphatic carbocycles. The fourth-order valence-corrected chi connectivity index (χ4v) is 5.85. The summed E-state index contributed by atoms with van der Waals surface area (Å²) in [5.41, 5.74) is 7.18. The quantitative estimate of drug-likeness (QED) is 0.103. The molecule has 0 radical (unpaired) electrons. The Kier molecular flexibility index (Phi) is 11.4. The summed E-state index contributed by atoms with van der Waals surface area (Å²) in [6.45, 7) is 0. The van der Waals surface area contributed by atoms with Gasteiger partial charge in [0.05, 0.1) is 0 Å². The zero-order valence-electron chi connectivity index (χ0n) is 26.1. The van der Waals surface area contributed by atoms with Crippen LogP contribution in [0, 0.1) is 0 Å². The average molecular weight is 661 g/mol. The topological polar surface area (TPSA) is 99.1 Å². The predicted octanol–water partition coefficient (Wildman–Crippen LogP) is 6.21. The van der Waals surface area contributed by atoms with Crippen LogP contribution >= 0.6 is 7.82 Å². The number of phosphoric acid groups is 1. The van der Waals surface area contributed by atoms with Gasteiger partial charge in [-0.3, -0.25) is 0 Å². The minimum atomic E-state index is -4.79. The molecule has 6 aromatic carbocycles. The molecule has 0 fully saturated rings. The minimum absolute atomic E-state index is 0. The maximum atomic E-state index is 12.9. The average Bonchev–Trinajstić information content (AvgIpc) is 3.09. The van der Waals surface area contributed by atoms with Crippen LogP contribution in [0.4, 0.5) is 0 Å². The number of phenols is 2. The molecule has 0 bridgehead atoms. The van der Waals surface area contributed by atoms with Gasteiger partial charge in [-0.25, -0.2) is 4.57 Å². The Morgan fingerprint density at radius 2 is 0.771 bits per heavy atom. The summed E-state index contributed by atoms with van der Waals surface area (Å²) in [5, 5.41) is 19.6. The minimum Gasteiger partial charge on any atom is -0.736 e. The number of benzene rings is 6. The van der Waals surface area contributed by atoms with E-state index in [1.54, 1.807) is 72.8 Å². The molecule has 0 saturated heterocycles. The summed E-state index contributed by atoms with van der Waals surface area (Å²) in [6, 6.07) is 46.8. The van der Waals surface area contributed by atoms with Gasteiger partial charge < -0.3 is 24.2 Å². The van der Waals surface area contributed by atoms with Crippen LogP contribution in [0.15, 0.2) is 158 Å². The van der Waals surface area contributed by atoms with Crippen LogP contribution < -0.4 is 43.5 Å². The summed E-state index contributed by atoms with van der Waals surface area (Å²) in [7, 11) is -4.79. The number of hydrogen-bond donors (Lipinski definition) is 2. The van der Waals surface area contributed by atoms with Crippen molar-refractivity contribution in [2.24, 2.45) is 0 Å². The number of phenolic OH excluding ortho intramolecular Hbond substituents is 2. The summed E-state index contributed by atoms with van der Waals surface area (Å²) < 4.78 is 23.5. The van der Waals surface area contributed by atoms with Crippen molar-refractivity contribution >= 4 is 31.1 Å². The van der Waals surface area contributed by atoms with Crippen LogP contribution in [0.5, 0.6) is 23.0 Å². The Morgan fingerprint density at radius 1 is 0.479 bits per heavy atom. The van der Waals surface area contributed by atoms with E-state index >= 15 is 0 Å². The van der Waals surface area contributed by atoms with Crippen molar-refractivity contribution in [3.63, 3.8) is 0 Å². The van der Waals surface area contributed by atoms with E-state index in [1.165, 1.54) is 0 Å². The molecule has 8 heteroatoms. The van der Waals surface area contributed by atoms with Gasteiger partial charge in [0.25, 0.3) is 0 Å². The van der Waals surface area contributed by atoms with E-state index in [9.17, 15) is 19.7 Å². The van der Waals surface area contributed by atoms with E-state index in [0.29, 0.717) is 0 Å². The Morgan fingerprint density at radius 3 is 1.08 bits per heavy atom. The molecule has 0 unspecified atom stereocenters. The van der Waals surface area contributed by atoms with Gasteiger partial charge in [-0.15, -0.1) is 0 Å². The molecule has 0 aromatic heterocycles. The van der Waals surface area contributed by atoms with Crippen molar-refractivity contribution in [1.82, 2.24) is 0 Å². The van der Waals surface area contributed by atoms with Gasteiger partial charge in [0, 0.05) is 0 Å². The van der Waals surface area contributed by atoms with E-state index in [0.717, 1.165) is 44.5 Å². The van der Waals surface area contributed by atoms with Crippen LogP contribution in [0.25, 0.3) is 23.3 Å². The summed E-state index contributed by atoms with van der Waals surface area (Å²) in [5.74, 6) is 0.542. The van der Waals surface area contributed by atoms with Crippen LogP contribution in [-0.2, 0) is 4.57 Å². The van der Waals surface area contributed by atoms with Crippen LogP contribution in [0.3, 0.4) is 0 Å². The third-order valence-electron chi connectivity index (χ3n) is 7.34. The van der Waals surface area contributed by atoms with Gasteiger partial charge in [0.1, 0.15) is 23.0 Å². The molecule has 2 N–H and O–H groups in total. The molecule has 0 aliphatic heterocycles. The molecule has 0 atom stereocenters. The molecule has 232 valence electrons. The third-order valence-corrected chi connectivity index (χ3v) is 8.21. The molecule has 0 heterocycles. The standard InChI is InChI=1S/C40H31O6P.Na/c41-35-19-11-31(12-20-35)39(27-29-7-3-1-4-8-29)33-15-23-37(24-16-33)45-47(43,44)46-38-25-17-34(18-26-38)40(28-30-9-5-2-6-10-30)32-13-21-36(42)22-14-32;/h1-28,41-42H,(H,43,44);/q;+1/p-1. The second-order valence-corrected chi connectivity index (χ2v) is 12.0. The molecular weight excluding hydrogens is 630 g/mol. The molecular formula is C40H30NaO6P. The Balaban J connectivity index is 0.00000451. The number of rotatable bonds is 10. The van der Waals surface area contributed by atoms with E-state index in [2.05, 4.69) is 0 Å². The zero-order valence-corrected chi connectivity index (χ0v) is 29.0. The van der Waals surface area contributed by atoms with Gasteiger partial charge >= 0.3 is 37.4 Å². The van der Waals surface area contributed by atoms with Crippen molar-refractivity contribution < 1.29 is 58.3 Å². The molecule has 6 rings (SSSR count). The van der Waals surface area contributed by atoms with Gasteiger partial charge in [-0.05, 0) is 105 Å². The number of hydrogen-bond acceptors (Lipinski definition) is 6. The maximum Gasteiger partial charge on any atom is 1.00 e. The fourth-order valence-electron chi connectivity index (χ4n) is 5.05. The second kappa shape index (κ2) is 15.9. The first kappa shape index (κ1) is 34.5. The van der Waals surface area contributed by atoms with Gasteiger partial charge in [-0.2, -0.15) is 0 Å². The largest absolute Gasteiger partial charge is 1.00 e. The first-order valence-corrected chi connectivity index (χ1v) is 16.3. The predicted molar refractivity (Wildman–Crippen MR) is 185 cm³/mol. The smallest absolute Gasteiger partial charge is 0.736 e. The van der Waals surface area contributed by atoms with E-state index in [-0.39, 0.29) is 52.6 Å². The molecule has 6 aromatic rings. The van der Waals surface area contributed by atoms with Crippen molar-refractivity contribution in [2.75, 3.05) is 0 Å². The van der Waals surface area contributed by atoms with Crippen LogP contribution in [0.1, 0.15) is 33.4 Å². The van der Waals surface area contributed by atoms with E-state index in [4.69, 9.17) is 9.05 Å². The van der Waals surface area contributed by atoms with Crippen molar-refractivity contribution in [3.05, 3.63) is 191 Å². The number of aromatic hydroxyl groups is 2. The van der Waals surface area contributed by atoms with Crippen LogP contribution in [-0.4, -0.2) is 10.2 Å². The van der Waals surface area contributed by atoms with Crippen molar-refractivity contribution in [1.29, 1.82) is 0 Å². The summed E-state index contributed by atoms with van der Waals surface area (Å²) >= 11 is 0. The van der Waals surface area contributed by atoms with E-state index in [1.807, 2.05) is 97.1 Å². The van der Waals surface area contributed by atoms with Gasteiger partial charge in [-0.1, -0.05) is 109 Å². The van der Waals surface area contributed by atoms with Crippen molar-refractivity contribution in [3.8, 4) is 23.0 Å². The SMILES string of the molecule is O=P([O-])(Oc1ccc(C(=Cc2ccccc2)c2ccc(O)cc2)cc1)Oc1ccc(C(=Cc2ccccc2)c2ccc(O)cc2)cc1.[Na+]. The van der Waals surface area contributed by atoms with Gasteiger partial charge in [0.2, 0.25) is 0 Å². The molecule has 0 aliphatic rings. The number of phosphoric ester groups is 1. The molecule has 0 saturated carbocycles. The Hall–Kier alpha value is -4.81. The second-order valence-electron chi connectivity index (χ2n) is 10.7. The van der Waals surface area contributed by atoms with Gasteiger partial charge in [0.15, 0.2) is 0 Å². The third kappa shape index (κ3) is 9.17. The fraction of sp³-hybridized carbons (Fsp3) is 0. The maximum absolute atomic E-state index is 12.9. The van der Waals surface area contributed by atoms with E-state index < -0.39 is 7.82 Å². The summed E-state index contributed by atoms with van der Waals surface area (Å²) in [6.07, 6.45) is 4.05. The monoisotopic (exact) mass is 660 g/mol. The van der Waals surface area contributed by atoms with Crippen molar-refractivity contribution in [2.45, 2.75) is 0 Å². The molecule has 6 nitrogen and oxygen atoms in total. The first-order valence-electron chi connectivity index (χ1n) is 14.8. The first-order chi connectivity index (χ1) is 22.8. The van der Waals surface area contributed by atoms with Crippen LogP contribution in [0.2, 0.25) is 0 Å². The normalized spacial score (nSPS) is 12.8. The molecule has 0 amide bonds. The zero-order chi connectivity index (χ0) is 32.6. The molecule has 0 spiro atoms. The molecule has 48 heavy (non-hydrogen) atoms. The summed E-state index contributed by atoms with van der Waals surface area (Å²) in [4.78, 5) is 12.9. The Labute approximate surface area is 301 Å².